The Morgan fingerprint density at radius 2 is 2.00 bits per heavy atom. The molecule has 1 aromatic heterocycles. The summed E-state index contributed by atoms with van der Waals surface area (Å²) in [5.74, 6) is 0.960. The second-order valence-corrected chi connectivity index (χ2v) is 5.03. The Kier molecular flexibility index (Phi) is 3.91. The summed E-state index contributed by atoms with van der Waals surface area (Å²) in [5, 5.41) is 14.8. The molecular weight excluding hydrogens is 200 g/mol. The zero-order valence-electron chi connectivity index (χ0n) is 10.2. The average molecular weight is 222 g/mol. The van der Waals surface area contributed by atoms with Crippen molar-refractivity contribution in [2.75, 3.05) is 0 Å². The van der Waals surface area contributed by atoms with Crippen LogP contribution in [0.25, 0.3) is 0 Å². The fourth-order valence-electron chi connectivity index (χ4n) is 2.91. The van der Waals surface area contributed by atoms with Gasteiger partial charge in [0.25, 0.3) is 0 Å². The zero-order valence-corrected chi connectivity index (χ0v) is 10.2. The fourth-order valence-corrected chi connectivity index (χ4v) is 2.91. The number of aromatic nitrogens is 4. The third-order valence-corrected chi connectivity index (χ3v) is 3.89. The molecule has 0 aliphatic heterocycles. The molecule has 1 N–H and O–H groups in total. The Bertz CT molecular complexity index is 288. The van der Waals surface area contributed by atoms with Crippen LogP contribution in [-0.2, 0) is 5.41 Å². The van der Waals surface area contributed by atoms with Gasteiger partial charge >= 0.3 is 0 Å². The molecule has 0 atom stereocenters. The van der Waals surface area contributed by atoms with E-state index in [1.807, 2.05) is 0 Å². The summed E-state index contributed by atoms with van der Waals surface area (Å²) in [7, 11) is 0. The average Bonchev–Trinajstić information content (AvgIpc) is 2.95. The molecule has 0 bridgehead atoms. The van der Waals surface area contributed by atoms with Crippen molar-refractivity contribution in [3.8, 4) is 0 Å². The van der Waals surface area contributed by atoms with Crippen LogP contribution in [0, 0.1) is 0 Å². The summed E-state index contributed by atoms with van der Waals surface area (Å²) in [6.07, 6.45) is 11.7. The molecule has 0 spiro atoms. The van der Waals surface area contributed by atoms with E-state index >= 15 is 0 Å². The first-order chi connectivity index (χ1) is 7.87. The number of hydrogen-bond donors (Lipinski definition) is 1. The summed E-state index contributed by atoms with van der Waals surface area (Å²) in [4.78, 5) is 0. The topological polar surface area (TPSA) is 54.5 Å². The van der Waals surface area contributed by atoms with Crippen molar-refractivity contribution in [2.24, 2.45) is 0 Å². The van der Waals surface area contributed by atoms with E-state index in [9.17, 15) is 0 Å². The van der Waals surface area contributed by atoms with Crippen LogP contribution in [0.4, 0.5) is 0 Å². The first-order valence-electron chi connectivity index (χ1n) is 6.61. The summed E-state index contributed by atoms with van der Waals surface area (Å²) >= 11 is 0. The van der Waals surface area contributed by atoms with E-state index < -0.39 is 0 Å². The Hall–Kier alpha value is -0.930. The maximum absolute atomic E-state index is 4.22. The Morgan fingerprint density at radius 1 is 1.19 bits per heavy atom. The maximum atomic E-state index is 4.22. The van der Waals surface area contributed by atoms with Crippen molar-refractivity contribution in [1.29, 1.82) is 0 Å². The van der Waals surface area contributed by atoms with Gasteiger partial charge in [0.2, 0.25) is 0 Å². The van der Waals surface area contributed by atoms with Crippen molar-refractivity contribution >= 4 is 0 Å². The van der Waals surface area contributed by atoms with Crippen LogP contribution in [0.3, 0.4) is 0 Å². The van der Waals surface area contributed by atoms with Gasteiger partial charge in [-0.15, -0.1) is 10.2 Å². The molecule has 1 aliphatic carbocycles. The van der Waals surface area contributed by atoms with E-state index in [1.54, 1.807) is 0 Å². The lowest BCUT2D eigenvalue weighted by atomic mass is 9.80. The van der Waals surface area contributed by atoms with E-state index in [1.165, 1.54) is 57.8 Å². The molecule has 1 aromatic rings. The number of hydrogen-bond acceptors (Lipinski definition) is 3. The number of nitrogens with one attached hydrogen (secondary N) is 1. The van der Waals surface area contributed by atoms with Crippen molar-refractivity contribution in [3.63, 3.8) is 0 Å². The van der Waals surface area contributed by atoms with Crippen LogP contribution in [0.5, 0.6) is 0 Å². The third-order valence-electron chi connectivity index (χ3n) is 3.89. The van der Waals surface area contributed by atoms with Gasteiger partial charge in [0.1, 0.15) is 0 Å². The van der Waals surface area contributed by atoms with Gasteiger partial charge < -0.3 is 0 Å². The minimum Gasteiger partial charge on any atom is -0.177 e. The second-order valence-electron chi connectivity index (χ2n) is 5.03. The predicted octanol–water partition coefficient (Wildman–Crippen LogP) is 2.98. The number of rotatable bonds is 6. The van der Waals surface area contributed by atoms with Crippen LogP contribution < -0.4 is 0 Å². The van der Waals surface area contributed by atoms with Gasteiger partial charge in [0.15, 0.2) is 5.82 Å². The molecule has 2 rings (SSSR count). The Morgan fingerprint density at radius 3 is 2.62 bits per heavy atom. The Labute approximate surface area is 97.2 Å². The molecule has 0 radical (unpaired) electrons. The number of aromatic amines is 1. The van der Waals surface area contributed by atoms with E-state index in [0.29, 0.717) is 0 Å². The highest BCUT2D eigenvalue weighted by Gasteiger charge is 2.38. The fraction of sp³-hybridized carbons (Fsp3) is 0.917. The lowest BCUT2D eigenvalue weighted by molar-refractivity contribution is 0.363. The molecule has 1 aliphatic rings. The van der Waals surface area contributed by atoms with E-state index in [0.717, 1.165) is 5.82 Å². The SMILES string of the molecule is CCCCCCC1(c2nn[nH]n2)CCCC1. The summed E-state index contributed by atoms with van der Waals surface area (Å²) < 4.78 is 0. The smallest absolute Gasteiger partial charge is 0.177 e. The lowest BCUT2D eigenvalue weighted by Gasteiger charge is -2.24. The van der Waals surface area contributed by atoms with Crippen LogP contribution in [-0.4, -0.2) is 20.6 Å². The highest BCUT2D eigenvalue weighted by atomic mass is 15.5. The number of unbranched alkanes of at least 4 members (excludes halogenated alkanes) is 3. The minimum atomic E-state index is 0.251. The lowest BCUT2D eigenvalue weighted by Crippen LogP contribution is -2.23. The van der Waals surface area contributed by atoms with Crippen LogP contribution in [0.15, 0.2) is 0 Å². The van der Waals surface area contributed by atoms with Gasteiger partial charge in [-0.1, -0.05) is 50.7 Å². The van der Waals surface area contributed by atoms with Gasteiger partial charge in [-0.05, 0) is 19.3 Å². The summed E-state index contributed by atoms with van der Waals surface area (Å²) in [6, 6.07) is 0. The number of H-pyrrole nitrogens is 1. The molecule has 4 nitrogen and oxygen atoms in total. The first kappa shape index (κ1) is 11.6. The minimum absolute atomic E-state index is 0.251. The largest absolute Gasteiger partial charge is 0.180 e. The van der Waals surface area contributed by atoms with Crippen molar-refractivity contribution in [1.82, 2.24) is 20.6 Å². The zero-order chi connectivity index (χ0) is 11.3. The van der Waals surface area contributed by atoms with Gasteiger partial charge in [-0.3, -0.25) is 0 Å². The standard InChI is InChI=1S/C12H22N4/c1-2-3-4-5-8-12(9-6-7-10-12)11-13-15-16-14-11/h2-10H2,1H3,(H,13,14,15,16). The van der Waals surface area contributed by atoms with Crippen molar-refractivity contribution < 1.29 is 0 Å². The highest BCUT2D eigenvalue weighted by Crippen LogP contribution is 2.43. The third kappa shape index (κ3) is 2.42. The predicted molar refractivity (Wildman–Crippen MR) is 63.1 cm³/mol. The molecule has 0 unspecified atom stereocenters. The van der Waals surface area contributed by atoms with Crippen molar-refractivity contribution in [2.45, 2.75) is 70.1 Å². The molecule has 0 saturated heterocycles. The molecule has 90 valence electrons. The van der Waals surface area contributed by atoms with E-state index in [2.05, 4.69) is 27.5 Å². The summed E-state index contributed by atoms with van der Waals surface area (Å²) in [5.41, 5.74) is 0.251. The molecule has 1 fully saturated rings. The van der Waals surface area contributed by atoms with Gasteiger partial charge in [-0.25, -0.2) is 0 Å². The second kappa shape index (κ2) is 5.41. The molecule has 0 amide bonds. The highest BCUT2D eigenvalue weighted by molar-refractivity contribution is 5.07. The monoisotopic (exact) mass is 222 g/mol. The van der Waals surface area contributed by atoms with Crippen molar-refractivity contribution in [3.05, 3.63) is 5.82 Å². The first-order valence-corrected chi connectivity index (χ1v) is 6.61. The normalized spacial score (nSPS) is 19.1. The summed E-state index contributed by atoms with van der Waals surface area (Å²) in [6.45, 7) is 2.25. The molecule has 16 heavy (non-hydrogen) atoms. The van der Waals surface area contributed by atoms with E-state index in [4.69, 9.17) is 0 Å². The van der Waals surface area contributed by atoms with E-state index in [-0.39, 0.29) is 5.41 Å². The molecule has 1 saturated carbocycles. The number of tetrazole rings is 1. The van der Waals surface area contributed by atoms with Gasteiger partial charge in [0, 0.05) is 5.41 Å². The molecule has 1 heterocycles. The molecular formula is C12H22N4. The quantitative estimate of drug-likeness (QED) is 0.753. The van der Waals surface area contributed by atoms with Crippen LogP contribution >= 0.6 is 0 Å². The van der Waals surface area contributed by atoms with Gasteiger partial charge in [-0.2, -0.15) is 5.21 Å². The molecule has 0 aromatic carbocycles. The van der Waals surface area contributed by atoms with Crippen LogP contribution in [0.2, 0.25) is 0 Å². The number of nitrogens with zero attached hydrogens (tertiary/aromatic N) is 3. The van der Waals surface area contributed by atoms with Crippen LogP contribution in [0.1, 0.15) is 70.5 Å². The molecule has 4 heteroatoms. The van der Waals surface area contributed by atoms with Gasteiger partial charge in [0.05, 0.1) is 0 Å². The maximum Gasteiger partial charge on any atom is 0.180 e. The Balaban J connectivity index is 1.94.